The topological polar surface area (TPSA) is 130 Å². The number of amides is 2. The van der Waals surface area contributed by atoms with Crippen molar-refractivity contribution in [3.63, 3.8) is 0 Å². The minimum absolute atomic E-state index is 0.150. The van der Waals surface area contributed by atoms with Crippen LogP contribution in [-0.4, -0.2) is 87.2 Å². The summed E-state index contributed by atoms with van der Waals surface area (Å²) in [5.41, 5.74) is 2.83. The van der Waals surface area contributed by atoms with Gasteiger partial charge in [-0.05, 0) is 80.9 Å². The SMILES string of the molecule is Cc1cc(C[C@@H](OC(=O)N2CCC(n3nc(-c4ccccc4)[nH]c3=O)CC2)C(=O)N2CCC(C3CCOCC3)CC2)cc(C)c1O. The van der Waals surface area contributed by atoms with Gasteiger partial charge in [0, 0.05) is 51.4 Å². The zero-order valence-electron chi connectivity index (χ0n) is 26.8. The summed E-state index contributed by atoms with van der Waals surface area (Å²) in [7, 11) is 0. The van der Waals surface area contributed by atoms with E-state index in [4.69, 9.17) is 9.47 Å². The summed E-state index contributed by atoms with van der Waals surface area (Å²) >= 11 is 0. The van der Waals surface area contributed by atoms with Crippen molar-refractivity contribution in [2.45, 2.75) is 70.9 Å². The predicted molar refractivity (Wildman–Crippen MR) is 173 cm³/mol. The first kappa shape index (κ1) is 31.8. The number of aryl methyl sites for hydroxylation is 2. The van der Waals surface area contributed by atoms with Gasteiger partial charge in [0.1, 0.15) is 5.75 Å². The molecule has 0 radical (unpaired) electrons. The highest BCUT2D eigenvalue weighted by molar-refractivity contribution is 5.84. The molecule has 3 fully saturated rings. The molecule has 2 N–H and O–H groups in total. The van der Waals surface area contributed by atoms with Crippen molar-refractivity contribution < 1.29 is 24.2 Å². The van der Waals surface area contributed by atoms with Gasteiger partial charge >= 0.3 is 11.8 Å². The van der Waals surface area contributed by atoms with Crippen molar-refractivity contribution >= 4 is 12.0 Å². The van der Waals surface area contributed by atoms with Crippen LogP contribution in [-0.2, 0) is 20.7 Å². The third-order valence-corrected chi connectivity index (χ3v) is 10.0. The lowest BCUT2D eigenvalue weighted by atomic mass is 9.80. The molecule has 3 aliphatic heterocycles. The van der Waals surface area contributed by atoms with E-state index < -0.39 is 12.2 Å². The van der Waals surface area contributed by atoms with E-state index in [1.54, 1.807) is 4.90 Å². The Labute approximate surface area is 269 Å². The molecule has 1 atom stereocenters. The molecule has 6 rings (SSSR count). The van der Waals surface area contributed by atoms with Crippen LogP contribution >= 0.6 is 0 Å². The number of nitrogens with one attached hydrogen (secondary N) is 1. The molecule has 2 amide bonds. The number of phenols is 1. The highest BCUT2D eigenvalue weighted by Crippen LogP contribution is 2.33. The first-order valence-electron chi connectivity index (χ1n) is 16.6. The Bertz CT molecular complexity index is 1540. The number of aromatic amines is 1. The predicted octanol–water partition coefficient (Wildman–Crippen LogP) is 4.61. The molecule has 3 saturated heterocycles. The van der Waals surface area contributed by atoms with Crippen molar-refractivity contribution in [2.24, 2.45) is 11.8 Å². The number of hydrogen-bond donors (Lipinski definition) is 2. The monoisotopic (exact) mass is 631 g/mol. The summed E-state index contributed by atoms with van der Waals surface area (Å²) < 4.78 is 13.0. The Hall–Kier alpha value is -4.12. The molecule has 11 nitrogen and oxygen atoms in total. The zero-order valence-corrected chi connectivity index (χ0v) is 26.8. The number of hydrogen-bond acceptors (Lipinski definition) is 7. The molecular weight excluding hydrogens is 586 g/mol. The van der Waals surface area contributed by atoms with Crippen LogP contribution in [0.4, 0.5) is 4.79 Å². The standard InChI is InChI=1S/C35H45N5O6/c1-23-20-25(21-24(2)31(23)41)22-30(33(42)38-14-8-26(9-15-38)27-12-18-45-19-13-27)46-35(44)39-16-10-29(11-17-39)40-34(43)36-32(37-40)28-6-4-3-5-7-28/h3-7,20-21,26-27,29-30,41H,8-19,22H2,1-2H3,(H,36,37,43)/t30-/m1/s1. The van der Waals surface area contributed by atoms with Crippen molar-refractivity contribution in [3.05, 3.63) is 69.6 Å². The lowest BCUT2D eigenvalue weighted by Gasteiger charge is -2.39. The number of phenolic OH excluding ortho intramolecular Hbond substituents is 1. The summed E-state index contributed by atoms with van der Waals surface area (Å²) in [4.78, 5) is 46.5. The van der Waals surface area contributed by atoms with Gasteiger partial charge in [0.15, 0.2) is 11.9 Å². The van der Waals surface area contributed by atoms with Gasteiger partial charge in [-0.2, -0.15) is 0 Å². The highest BCUT2D eigenvalue weighted by Gasteiger charge is 2.35. The Kier molecular flexibility index (Phi) is 9.77. The Morgan fingerprint density at radius 1 is 0.935 bits per heavy atom. The van der Waals surface area contributed by atoms with Crippen molar-refractivity contribution in [1.82, 2.24) is 24.6 Å². The van der Waals surface area contributed by atoms with Gasteiger partial charge in [0.2, 0.25) is 0 Å². The molecule has 2 aromatic carbocycles. The lowest BCUT2D eigenvalue weighted by Crippen LogP contribution is -2.49. The molecule has 46 heavy (non-hydrogen) atoms. The van der Waals surface area contributed by atoms with Gasteiger partial charge in [-0.3, -0.25) is 9.78 Å². The Balaban J connectivity index is 1.11. The van der Waals surface area contributed by atoms with Crippen molar-refractivity contribution in [3.8, 4) is 17.1 Å². The fraction of sp³-hybridized carbons (Fsp3) is 0.543. The van der Waals surface area contributed by atoms with Crippen LogP contribution in [0.1, 0.15) is 61.3 Å². The molecule has 1 aromatic heterocycles. The molecule has 246 valence electrons. The van der Waals surface area contributed by atoms with Crippen LogP contribution in [0.3, 0.4) is 0 Å². The Morgan fingerprint density at radius 2 is 1.54 bits per heavy atom. The summed E-state index contributed by atoms with van der Waals surface area (Å²) in [6.45, 7) is 7.36. The number of aromatic nitrogens is 3. The van der Waals surface area contributed by atoms with Crippen molar-refractivity contribution in [2.75, 3.05) is 39.4 Å². The van der Waals surface area contributed by atoms with E-state index in [2.05, 4.69) is 10.1 Å². The van der Waals surface area contributed by atoms with E-state index in [0.29, 0.717) is 56.7 Å². The molecule has 0 bridgehead atoms. The van der Waals surface area contributed by atoms with E-state index >= 15 is 0 Å². The molecule has 4 heterocycles. The Morgan fingerprint density at radius 3 is 2.20 bits per heavy atom. The summed E-state index contributed by atoms with van der Waals surface area (Å²) in [6.07, 6.45) is 3.87. The first-order valence-corrected chi connectivity index (χ1v) is 16.6. The third kappa shape index (κ3) is 7.14. The molecule has 0 saturated carbocycles. The zero-order chi connectivity index (χ0) is 32.2. The number of H-pyrrole nitrogens is 1. The number of ether oxygens (including phenoxy) is 2. The van der Waals surface area contributed by atoms with E-state index in [9.17, 15) is 19.5 Å². The van der Waals surface area contributed by atoms with E-state index in [1.165, 1.54) is 4.68 Å². The summed E-state index contributed by atoms with van der Waals surface area (Å²) in [5.74, 6) is 1.81. The van der Waals surface area contributed by atoms with Gasteiger partial charge in [-0.25, -0.2) is 14.3 Å². The molecule has 0 unspecified atom stereocenters. The number of aromatic hydroxyl groups is 1. The highest BCUT2D eigenvalue weighted by atomic mass is 16.6. The number of nitrogens with zero attached hydrogens (tertiary/aromatic N) is 4. The second-order valence-electron chi connectivity index (χ2n) is 13.1. The quantitative estimate of drug-likeness (QED) is 0.390. The number of rotatable bonds is 7. The maximum atomic E-state index is 13.9. The molecule has 0 aliphatic carbocycles. The van der Waals surface area contributed by atoms with E-state index in [1.807, 2.05) is 61.2 Å². The summed E-state index contributed by atoms with van der Waals surface area (Å²) in [5, 5.41) is 14.8. The molecular formula is C35H45N5O6. The third-order valence-electron chi connectivity index (χ3n) is 10.0. The van der Waals surface area contributed by atoms with Crippen LogP contribution in [0.25, 0.3) is 11.4 Å². The largest absolute Gasteiger partial charge is 0.507 e. The molecule has 11 heteroatoms. The lowest BCUT2D eigenvalue weighted by molar-refractivity contribution is -0.142. The second kappa shape index (κ2) is 14.1. The van der Waals surface area contributed by atoms with Crippen LogP contribution in [0, 0.1) is 25.7 Å². The average Bonchev–Trinajstić information content (AvgIpc) is 3.48. The van der Waals surface area contributed by atoms with Crippen LogP contribution in [0.2, 0.25) is 0 Å². The maximum Gasteiger partial charge on any atom is 0.410 e. The maximum absolute atomic E-state index is 13.9. The first-order chi connectivity index (χ1) is 22.3. The van der Waals surface area contributed by atoms with E-state index in [0.717, 1.165) is 61.2 Å². The normalized spacial score (nSPS) is 19.3. The van der Waals surface area contributed by atoms with Gasteiger partial charge in [-0.1, -0.05) is 42.5 Å². The van der Waals surface area contributed by atoms with Gasteiger partial charge in [0.25, 0.3) is 5.91 Å². The number of piperidine rings is 2. The van der Waals surface area contributed by atoms with Gasteiger partial charge < -0.3 is 24.4 Å². The molecule has 3 aliphatic rings. The minimum atomic E-state index is -0.976. The van der Waals surface area contributed by atoms with Gasteiger partial charge in [0.05, 0.1) is 6.04 Å². The van der Waals surface area contributed by atoms with E-state index in [-0.39, 0.29) is 29.8 Å². The van der Waals surface area contributed by atoms with Crippen LogP contribution in [0.15, 0.2) is 47.3 Å². The number of carbonyl (C=O) groups is 2. The molecule has 0 spiro atoms. The fourth-order valence-electron chi connectivity index (χ4n) is 7.34. The van der Waals surface area contributed by atoms with Crippen LogP contribution < -0.4 is 5.69 Å². The number of benzene rings is 2. The number of carbonyl (C=O) groups excluding carboxylic acids is 2. The second-order valence-corrected chi connectivity index (χ2v) is 13.1. The fourth-order valence-corrected chi connectivity index (χ4v) is 7.34. The number of likely N-dealkylation sites (tertiary alicyclic amines) is 2. The smallest absolute Gasteiger partial charge is 0.410 e. The minimum Gasteiger partial charge on any atom is -0.507 e. The van der Waals surface area contributed by atoms with Gasteiger partial charge in [-0.15, -0.1) is 5.10 Å². The van der Waals surface area contributed by atoms with Crippen molar-refractivity contribution in [1.29, 1.82) is 0 Å². The summed E-state index contributed by atoms with van der Waals surface area (Å²) in [6, 6.07) is 13.1. The average molecular weight is 632 g/mol. The van der Waals surface area contributed by atoms with Crippen LogP contribution in [0.5, 0.6) is 5.75 Å². The molecule has 3 aromatic rings.